The number of ether oxygens (including phenoxy) is 1. The predicted octanol–water partition coefficient (Wildman–Crippen LogP) is 2.08. The van der Waals surface area contributed by atoms with Crippen molar-refractivity contribution in [2.45, 2.75) is 19.4 Å². The Kier molecular flexibility index (Phi) is 6.01. The van der Waals surface area contributed by atoms with E-state index in [1.54, 1.807) is 0 Å². The molecule has 2 rings (SSSR count). The first-order valence-electron chi connectivity index (χ1n) is 6.90. The molecule has 19 heavy (non-hydrogen) atoms. The number of para-hydroxylation sites is 1. The molecule has 1 aromatic rings. The molecule has 2 unspecified atom stereocenters. The standard InChI is InChI=1S/C15H23NO2S/c1-12-4-2-3-5-15(12)18-10-14(17)9-16-8-13-6-7-19-11-13/h2-5,13-14,16-17H,6-11H2,1H3. The fraction of sp³-hybridized carbons (Fsp3) is 0.600. The first-order chi connectivity index (χ1) is 9.25. The van der Waals surface area contributed by atoms with E-state index in [9.17, 15) is 5.11 Å². The predicted molar refractivity (Wildman–Crippen MR) is 81.0 cm³/mol. The van der Waals surface area contributed by atoms with Crippen LogP contribution in [0, 0.1) is 12.8 Å². The van der Waals surface area contributed by atoms with E-state index >= 15 is 0 Å². The topological polar surface area (TPSA) is 41.5 Å². The van der Waals surface area contributed by atoms with Crippen molar-refractivity contribution >= 4 is 11.8 Å². The molecule has 1 aromatic carbocycles. The van der Waals surface area contributed by atoms with Crippen LogP contribution in [0.1, 0.15) is 12.0 Å². The normalized spacial score (nSPS) is 20.4. The maximum Gasteiger partial charge on any atom is 0.122 e. The largest absolute Gasteiger partial charge is 0.491 e. The molecule has 0 saturated carbocycles. The molecule has 106 valence electrons. The smallest absolute Gasteiger partial charge is 0.122 e. The molecule has 0 bridgehead atoms. The molecule has 0 spiro atoms. The second-order valence-electron chi connectivity index (χ2n) is 5.12. The Balaban J connectivity index is 1.61. The summed E-state index contributed by atoms with van der Waals surface area (Å²) in [4.78, 5) is 0. The number of hydrogen-bond acceptors (Lipinski definition) is 4. The molecule has 1 saturated heterocycles. The summed E-state index contributed by atoms with van der Waals surface area (Å²) in [5.74, 6) is 4.16. The van der Waals surface area contributed by atoms with E-state index in [1.165, 1.54) is 17.9 Å². The number of aliphatic hydroxyl groups excluding tert-OH is 1. The molecule has 1 aliphatic rings. The van der Waals surface area contributed by atoms with Crippen molar-refractivity contribution in [2.75, 3.05) is 31.2 Å². The van der Waals surface area contributed by atoms with E-state index in [2.05, 4.69) is 5.32 Å². The lowest BCUT2D eigenvalue weighted by Gasteiger charge is -2.16. The minimum Gasteiger partial charge on any atom is -0.491 e. The van der Waals surface area contributed by atoms with Crippen LogP contribution in [0.4, 0.5) is 0 Å². The molecule has 0 radical (unpaired) electrons. The Hall–Kier alpha value is -0.710. The van der Waals surface area contributed by atoms with Gasteiger partial charge >= 0.3 is 0 Å². The van der Waals surface area contributed by atoms with Crippen LogP contribution in [0.3, 0.4) is 0 Å². The highest BCUT2D eigenvalue weighted by Gasteiger charge is 2.15. The van der Waals surface area contributed by atoms with Crippen LogP contribution < -0.4 is 10.1 Å². The molecule has 2 N–H and O–H groups in total. The zero-order valence-electron chi connectivity index (χ0n) is 11.5. The van der Waals surface area contributed by atoms with Crippen molar-refractivity contribution in [2.24, 2.45) is 5.92 Å². The highest BCUT2D eigenvalue weighted by Crippen LogP contribution is 2.22. The van der Waals surface area contributed by atoms with Gasteiger partial charge in [0, 0.05) is 6.54 Å². The molecular weight excluding hydrogens is 258 g/mol. The highest BCUT2D eigenvalue weighted by atomic mass is 32.2. The second-order valence-corrected chi connectivity index (χ2v) is 6.27. The van der Waals surface area contributed by atoms with E-state index in [1.807, 2.05) is 43.0 Å². The van der Waals surface area contributed by atoms with E-state index in [0.29, 0.717) is 13.2 Å². The molecule has 2 atom stereocenters. The van der Waals surface area contributed by atoms with Gasteiger partial charge in [0.1, 0.15) is 18.5 Å². The van der Waals surface area contributed by atoms with Crippen LogP contribution in [0.5, 0.6) is 5.75 Å². The first kappa shape index (κ1) is 14.7. The zero-order valence-corrected chi connectivity index (χ0v) is 12.3. The van der Waals surface area contributed by atoms with Crippen LogP contribution in [0.15, 0.2) is 24.3 Å². The molecule has 0 aliphatic carbocycles. The summed E-state index contributed by atoms with van der Waals surface area (Å²) in [6.45, 7) is 3.97. The quantitative estimate of drug-likeness (QED) is 0.803. The van der Waals surface area contributed by atoms with E-state index < -0.39 is 6.10 Å². The van der Waals surface area contributed by atoms with Gasteiger partial charge in [-0.2, -0.15) is 11.8 Å². The summed E-state index contributed by atoms with van der Waals surface area (Å²) >= 11 is 2.02. The van der Waals surface area contributed by atoms with E-state index in [4.69, 9.17) is 4.74 Å². The van der Waals surface area contributed by atoms with Crippen LogP contribution in [0.25, 0.3) is 0 Å². The maximum atomic E-state index is 9.88. The van der Waals surface area contributed by atoms with Crippen molar-refractivity contribution < 1.29 is 9.84 Å². The van der Waals surface area contributed by atoms with Crippen molar-refractivity contribution in [3.05, 3.63) is 29.8 Å². The highest BCUT2D eigenvalue weighted by molar-refractivity contribution is 7.99. The number of aryl methyl sites for hydroxylation is 1. The van der Waals surface area contributed by atoms with Gasteiger partial charge in [-0.1, -0.05) is 18.2 Å². The Morgan fingerprint density at radius 2 is 2.32 bits per heavy atom. The fourth-order valence-electron chi connectivity index (χ4n) is 2.16. The third-order valence-electron chi connectivity index (χ3n) is 3.36. The summed E-state index contributed by atoms with van der Waals surface area (Å²) in [6.07, 6.45) is 0.849. The fourth-order valence-corrected chi connectivity index (χ4v) is 3.45. The van der Waals surface area contributed by atoms with Gasteiger partial charge in [-0.05, 0) is 48.9 Å². The SMILES string of the molecule is Cc1ccccc1OCC(O)CNCC1CCSC1. The molecule has 3 nitrogen and oxygen atoms in total. The van der Waals surface area contributed by atoms with Crippen LogP contribution in [-0.2, 0) is 0 Å². The van der Waals surface area contributed by atoms with E-state index in [0.717, 1.165) is 23.8 Å². The van der Waals surface area contributed by atoms with Gasteiger partial charge in [-0.15, -0.1) is 0 Å². The zero-order chi connectivity index (χ0) is 13.5. The minimum atomic E-state index is -0.450. The van der Waals surface area contributed by atoms with Gasteiger partial charge in [-0.3, -0.25) is 0 Å². The van der Waals surface area contributed by atoms with Crippen LogP contribution in [0.2, 0.25) is 0 Å². The van der Waals surface area contributed by atoms with Gasteiger partial charge in [0.15, 0.2) is 0 Å². The molecular formula is C15H23NO2S. The molecule has 0 aromatic heterocycles. The number of thioether (sulfide) groups is 1. The Labute approximate surface area is 119 Å². The summed E-state index contributed by atoms with van der Waals surface area (Å²) < 4.78 is 5.63. The average molecular weight is 281 g/mol. The molecule has 0 amide bonds. The summed E-state index contributed by atoms with van der Waals surface area (Å²) in [5.41, 5.74) is 1.10. The summed E-state index contributed by atoms with van der Waals surface area (Å²) in [6, 6.07) is 7.88. The average Bonchev–Trinajstić information content (AvgIpc) is 2.91. The van der Waals surface area contributed by atoms with Gasteiger partial charge in [0.25, 0.3) is 0 Å². The monoisotopic (exact) mass is 281 g/mol. The summed E-state index contributed by atoms with van der Waals surface area (Å²) in [7, 11) is 0. The third-order valence-corrected chi connectivity index (χ3v) is 4.59. The number of nitrogens with one attached hydrogen (secondary N) is 1. The second kappa shape index (κ2) is 7.78. The van der Waals surface area contributed by atoms with Crippen molar-refractivity contribution in [3.63, 3.8) is 0 Å². The van der Waals surface area contributed by atoms with Gasteiger partial charge < -0.3 is 15.2 Å². The Morgan fingerprint density at radius 1 is 1.47 bits per heavy atom. The number of benzene rings is 1. The number of aliphatic hydroxyl groups is 1. The first-order valence-corrected chi connectivity index (χ1v) is 8.06. The van der Waals surface area contributed by atoms with Crippen molar-refractivity contribution in [3.8, 4) is 5.75 Å². The minimum absolute atomic E-state index is 0.345. The molecule has 1 fully saturated rings. The lowest BCUT2D eigenvalue weighted by molar-refractivity contribution is 0.105. The number of rotatable bonds is 7. The lowest BCUT2D eigenvalue weighted by atomic mass is 10.1. The van der Waals surface area contributed by atoms with Gasteiger partial charge in [-0.25, -0.2) is 0 Å². The summed E-state index contributed by atoms with van der Waals surface area (Å²) in [5, 5.41) is 13.2. The number of hydrogen-bond donors (Lipinski definition) is 2. The maximum absolute atomic E-state index is 9.88. The molecule has 1 aliphatic heterocycles. The lowest BCUT2D eigenvalue weighted by Crippen LogP contribution is -2.34. The Bertz CT molecular complexity index is 380. The van der Waals surface area contributed by atoms with Gasteiger partial charge in [0.2, 0.25) is 0 Å². The molecule has 4 heteroatoms. The van der Waals surface area contributed by atoms with Gasteiger partial charge in [0.05, 0.1) is 0 Å². The van der Waals surface area contributed by atoms with Crippen LogP contribution >= 0.6 is 11.8 Å². The van der Waals surface area contributed by atoms with E-state index in [-0.39, 0.29) is 0 Å². The van der Waals surface area contributed by atoms with Crippen LogP contribution in [-0.4, -0.2) is 42.4 Å². The molecule has 1 heterocycles. The Morgan fingerprint density at radius 3 is 3.05 bits per heavy atom. The van der Waals surface area contributed by atoms with Crippen molar-refractivity contribution in [1.29, 1.82) is 0 Å². The van der Waals surface area contributed by atoms with Crippen molar-refractivity contribution in [1.82, 2.24) is 5.32 Å². The third kappa shape index (κ3) is 5.05.